The minimum Gasteiger partial charge on any atom is -0.354 e. The number of nitrogens with one attached hydrogen (secondary N) is 2. The average molecular weight is 375 g/mol. The highest BCUT2D eigenvalue weighted by Gasteiger charge is 2.36. The summed E-state index contributed by atoms with van der Waals surface area (Å²) in [6.45, 7) is 3.65. The van der Waals surface area contributed by atoms with Crippen molar-refractivity contribution in [2.24, 2.45) is 0 Å². The Kier molecular flexibility index (Phi) is 4.86. The molecule has 0 bridgehead atoms. The highest BCUT2D eigenvalue weighted by Crippen LogP contribution is 2.41. The molecule has 0 saturated heterocycles. The summed E-state index contributed by atoms with van der Waals surface area (Å²) in [5.41, 5.74) is 0.483. The molecule has 2 amide bonds. The molecule has 0 radical (unpaired) electrons. The normalized spacial score (nSPS) is 15.7. The molecule has 1 aliphatic heterocycles. The number of anilines is 1. The molecule has 1 aliphatic rings. The van der Waals surface area contributed by atoms with Crippen molar-refractivity contribution < 1.29 is 18.0 Å². The number of carbonyl (C=O) groups is 2. The van der Waals surface area contributed by atoms with Gasteiger partial charge in [0.05, 0.1) is 10.6 Å². The van der Waals surface area contributed by atoms with Crippen LogP contribution in [0.1, 0.15) is 20.3 Å². The van der Waals surface area contributed by atoms with E-state index in [2.05, 4.69) is 10.6 Å². The number of hydrogen-bond donors (Lipinski definition) is 2. The van der Waals surface area contributed by atoms with Crippen LogP contribution in [0.25, 0.3) is 10.8 Å². The van der Waals surface area contributed by atoms with Crippen LogP contribution in [0.3, 0.4) is 0 Å². The van der Waals surface area contributed by atoms with Gasteiger partial charge in [0, 0.05) is 11.9 Å². The van der Waals surface area contributed by atoms with Crippen molar-refractivity contribution in [2.45, 2.75) is 31.2 Å². The lowest BCUT2D eigenvalue weighted by Gasteiger charge is -2.20. The molecule has 2 aromatic rings. The topological polar surface area (TPSA) is 95.6 Å². The van der Waals surface area contributed by atoms with Crippen molar-refractivity contribution in [3.63, 3.8) is 0 Å². The Morgan fingerprint density at radius 1 is 1.15 bits per heavy atom. The van der Waals surface area contributed by atoms with Crippen molar-refractivity contribution in [1.29, 1.82) is 0 Å². The standard InChI is InChI=1S/C18H21N3O4S/c1-3-10-19-18(23)12(2)20-16(22)11-21-14-8-4-6-13-7-5-9-15(17(13)14)26(21,24)25/h4-9,12H,3,10-11H2,1-2H3,(H,19,23)(H,20,22)/t12-/m0/s1. The summed E-state index contributed by atoms with van der Waals surface area (Å²) in [4.78, 5) is 24.4. The van der Waals surface area contributed by atoms with Crippen LogP contribution in [0.2, 0.25) is 0 Å². The number of sulfonamides is 1. The molecule has 1 heterocycles. The molecule has 2 N–H and O–H groups in total. The van der Waals surface area contributed by atoms with E-state index in [0.29, 0.717) is 17.6 Å². The minimum atomic E-state index is -3.79. The lowest BCUT2D eigenvalue weighted by Crippen LogP contribution is -2.48. The van der Waals surface area contributed by atoms with Gasteiger partial charge in [-0.2, -0.15) is 0 Å². The van der Waals surface area contributed by atoms with Crippen LogP contribution in [0.15, 0.2) is 41.3 Å². The van der Waals surface area contributed by atoms with Crippen molar-refractivity contribution in [2.75, 3.05) is 17.4 Å². The van der Waals surface area contributed by atoms with Crippen molar-refractivity contribution in [1.82, 2.24) is 10.6 Å². The summed E-state index contributed by atoms with van der Waals surface area (Å²) in [5, 5.41) is 6.67. The lowest BCUT2D eigenvalue weighted by atomic mass is 10.1. The second kappa shape index (κ2) is 6.95. The number of carbonyl (C=O) groups excluding carboxylic acids is 2. The number of benzene rings is 2. The zero-order chi connectivity index (χ0) is 18.9. The van der Waals surface area contributed by atoms with E-state index < -0.39 is 22.0 Å². The SMILES string of the molecule is CCCNC(=O)[C@H](C)NC(=O)CN1c2cccc3cccc(c23)S1(=O)=O. The fourth-order valence-corrected chi connectivity index (χ4v) is 4.68. The van der Waals surface area contributed by atoms with E-state index in [1.807, 2.05) is 19.1 Å². The fraction of sp³-hybridized carbons (Fsp3) is 0.333. The Hall–Kier alpha value is -2.61. The number of nitrogens with zero attached hydrogens (tertiary/aromatic N) is 1. The molecule has 3 rings (SSSR count). The Morgan fingerprint density at radius 3 is 2.54 bits per heavy atom. The first-order valence-electron chi connectivity index (χ1n) is 8.48. The van der Waals surface area contributed by atoms with Crippen LogP contribution in [0.4, 0.5) is 5.69 Å². The minimum absolute atomic E-state index is 0.201. The quantitative estimate of drug-likeness (QED) is 0.797. The summed E-state index contributed by atoms with van der Waals surface area (Å²) < 4.78 is 26.8. The third-order valence-electron chi connectivity index (χ3n) is 4.29. The van der Waals surface area contributed by atoms with Gasteiger partial charge in [-0.3, -0.25) is 13.9 Å². The third-order valence-corrected chi connectivity index (χ3v) is 6.09. The summed E-state index contributed by atoms with van der Waals surface area (Å²) >= 11 is 0. The maximum atomic E-state index is 12.8. The Balaban J connectivity index is 1.80. The summed E-state index contributed by atoms with van der Waals surface area (Å²) in [6, 6.07) is 9.60. The van der Waals surface area contributed by atoms with Crippen LogP contribution >= 0.6 is 0 Å². The fourth-order valence-electron chi connectivity index (χ4n) is 3.01. The Bertz CT molecular complexity index is 966. The molecule has 7 nitrogen and oxygen atoms in total. The Morgan fingerprint density at radius 2 is 1.85 bits per heavy atom. The van der Waals surface area contributed by atoms with Crippen LogP contribution in [0.5, 0.6) is 0 Å². The van der Waals surface area contributed by atoms with Gasteiger partial charge in [-0.05, 0) is 30.9 Å². The van der Waals surface area contributed by atoms with Crippen molar-refractivity contribution >= 4 is 38.3 Å². The average Bonchev–Trinajstić information content (AvgIpc) is 2.83. The summed E-state index contributed by atoms with van der Waals surface area (Å²) in [6.07, 6.45) is 0.792. The molecule has 0 aromatic heterocycles. The second-order valence-corrected chi connectivity index (χ2v) is 8.05. The molecule has 0 spiro atoms. The molecule has 0 unspecified atom stereocenters. The molecule has 138 valence electrons. The second-order valence-electron chi connectivity index (χ2n) is 6.22. The van der Waals surface area contributed by atoms with E-state index in [1.165, 1.54) is 0 Å². The molecular weight excluding hydrogens is 354 g/mol. The first-order chi connectivity index (χ1) is 12.4. The van der Waals surface area contributed by atoms with Crippen LogP contribution in [-0.4, -0.2) is 39.4 Å². The maximum Gasteiger partial charge on any atom is 0.265 e. The highest BCUT2D eigenvalue weighted by molar-refractivity contribution is 7.93. The van der Waals surface area contributed by atoms with Gasteiger partial charge in [-0.25, -0.2) is 8.42 Å². The molecule has 2 aromatic carbocycles. The van der Waals surface area contributed by atoms with E-state index >= 15 is 0 Å². The predicted octanol–water partition coefficient (Wildman–Crippen LogP) is 1.38. The third kappa shape index (κ3) is 3.12. The van der Waals surface area contributed by atoms with Gasteiger partial charge < -0.3 is 10.6 Å². The summed E-state index contributed by atoms with van der Waals surface area (Å²) in [7, 11) is -3.79. The monoisotopic (exact) mass is 375 g/mol. The number of amides is 2. The molecule has 0 saturated carbocycles. The lowest BCUT2D eigenvalue weighted by molar-refractivity contribution is -0.127. The van der Waals surface area contributed by atoms with E-state index in [-0.39, 0.29) is 17.3 Å². The molecule has 8 heteroatoms. The van der Waals surface area contributed by atoms with Gasteiger partial charge in [0.15, 0.2) is 0 Å². The largest absolute Gasteiger partial charge is 0.354 e. The molecular formula is C18H21N3O4S. The molecule has 0 aliphatic carbocycles. The molecule has 1 atom stereocenters. The van der Waals surface area contributed by atoms with Gasteiger partial charge in [0.25, 0.3) is 10.0 Å². The zero-order valence-corrected chi connectivity index (χ0v) is 15.5. The van der Waals surface area contributed by atoms with Crippen LogP contribution < -0.4 is 14.9 Å². The highest BCUT2D eigenvalue weighted by atomic mass is 32.2. The molecule has 0 fully saturated rings. The first kappa shape index (κ1) is 18.2. The van der Waals surface area contributed by atoms with Gasteiger partial charge >= 0.3 is 0 Å². The van der Waals surface area contributed by atoms with Gasteiger partial charge in [0.2, 0.25) is 11.8 Å². The van der Waals surface area contributed by atoms with Gasteiger partial charge in [0.1, 0.15) is 12.6 Å². The number of rotatable bonds is 6. The van der Waals surface area contributed by atoms with Crippen LogP contribution in [0, 0.1) is 0 Å². The first-order valence-corrected chi connectivity index (χ1v) is 9.92. The van der Waals surface area contributed by atoms with Crippen LogP contribution in [-0.2, 0) is 19.6 Å². The smallest absolute Gasteiger partial charge is 0.265 e. The van der Waals surface area contributed by atoms with E-state index in [4.69, 9.17) is 0 Å². The number of hydrogen-bond acceptors (Lipinski definition) is 4. The zero-order valence-electron chi connectivity index (χ0n) is 14.7. The van der Waals surface area contributed by atoms with Crippen molar-refractivity contribution in [3.8, 4) is 0 Å². The van der Waals surface area contributed by atoms with E-state index in [0.717, 1.165) is 16.1 Å². The summed E-state index contributed by atoms with van der Waals surface area (Å²) in [5.74, 6) is -0.826. The van der Waals surface area contributed by atoms with E-state index in [9.17, 15) is 18.0 Å². The maximum absolute atomic E-state index is 12.8. The predicted molar refractivity (Wildman–Crippen MR) is 99.4 cm³/mol. The van der Waals surface area contributed by atoms with E-state index in [1.54, 1.807) is 31.2 Å². The van der Waals surface area contributed by atoms with Crippen molar-refractivity contribution in [3.05, 3.63) is 36.4 Å². The Labute approximate surface area is 152 Å². The van der Waals surface area contributed by atoms with Gasteiger partial charge in [-0.15, -0.1) is 0 Å². The molecule has 26 heavy (non-hydrogen) atoms. The van der Waals surface area contributed by atoms with Gasteiger partial charge in [-0.1, -0.05) is 31.2 Å².